The molecule has 2 fully saturated rings. The number of aromatic amines is 1. The summed E-state index contributed by atoms with van der Waals surface area (Å²) in [5, 5.41) is 0.503. The van der Waals surface area contributed by atoms with Crippen LogP contribution in [0.1, 0.15) is 42.1 Å². The number of fused-ring (bicyclic) bond motifs is 1. The summed E-state index contributed by atoms with van der Waals surface area (Å²) in [4.78, 5) is 44.5. The largest absolute Gasteiger partial charge is 0.338 e. The number of hydrogen-bond acceptors (Lipinski definition) is 3. The molecule has 0 aliphatic carbocycles. The number of nitrogens with one attached hydrogen (secondary N) is 1. The first-order chi connectivity index (χ1) is 15.0. The number of amides is 2. The maximum Gasteiger partial charge on any atom is 0.326 e. The van der Waals surface area contributed by atoms with Gasteiger partial charge >= 0.3 is 5.69 Å². The lowest BCUT2D eigenvalue weighted by Gasteiger charge is -2.33. The van der Waals surface area contributed by atoms with Gasteiger partial charge in [0.1, 0.15) is 0 Å². The van der Waals surface area contributed by atoms with Gasteiger partial charge in [-0.25, -0.2) is 4.79 Å². The van der Waals surface area contributed by atoms with E-state index in [0.717, 1.165) is 17.5 Å². The molecular weight excluding hydrogens is 416 g/mol. The minimum absolute atomic E-state index is 0.0220. The standard InChI is InChI=1S/C23H23ClN4O3/c24-15-7-8-17(20(14-15)27-11-3-6-21(27)29)22(30)26-12-9-16(10-13-26)28-19-5-2-1-4-18(19)25-23(28)31/h1-2,4-5,7-8,14,16H,3,6,9-13H2,(H,25,31). The quantitative estimate of drug-likeness (QED) is 0.678. The second kappa shape index (κ2) is 7.89. The lowest BCUT2D eigenvalue weighted by molar-refractivity contribution is -0.117. The Bertz CT molecular complexity index is 1220. The predicted molar refractivity (Wildman–Crippen MR) is 120 cm³/mol. The third kappa shape index (κ3) is 3.53. The highest BCUT2D eigenvalue weighted by atomic mass is 35.5. The van der Waals surface area contributed by atoms with E-state index < -0.39 is 0 Å². The molecule has 2 aliphatic heterocycles. The summed E-state index contributed by atoms with van der Waals surface area (Å²) in [5.41, 5.74) is 2.70. The smallest absolute Gasteiger partial charge is 0.326 e. The number of nitrogens with zero attached hydrogens (tertiary/aromatic N) is 3. The number of rotatable bonds is 3. The van der Waals surface area contributed by atoms with Crippen molar-refractivity contribution in [3.63, 3.8) is 0 Å². The molecule has 31 heavy (non-hydrogen) atoms. The number of anilines is 1. The normalized spacial score (nSPS) is 17.6. The Labute approximate surface area is 184 Å². The van der Waals surface area contributed by atoms with Gasteiger partial charge in [0, 0.05) is 37.1 Å². The zero-order chi connectivity index (χ0) is 21.5. The van der Waals surface area contributed by atoms with Gasteiger partial charge in [-0.2, -0.15) is 0 Å². The Morgan fingerprint density at radius 2 is 1.81 bits per heavy atom. The van der Waals surface area contributed by atoms with E-state index in [9.17, 15) is 14.4 Å². The van der Waals surface area contributed by atoms with Crippen molar-refractivity contribution in [2.75, 3.05) is 24.5 Å². The summed E-state index contributed by atoms with van der Waals surface area (Å²) in [6.07, 6.45) is 2.66. The highest BCUT2D eigenvalue weighted by Gasteiger charge is 2.31. The Morgan fingerprint density at radius 3 is 2.55 bits per heavy atom. The molecule has 0 atom stereocenters. The van der Waals surface area contributed by atoms with Crippen LogP contribution < -0.4 is 10.6 Å². The Morgan fingerprint density at radius 1 is 1.03 bits per heavy atom. The first kappa shape index (κ1) is 19.9. The maximum absolute atomic E-state index is 13.3. The summed E-state index contributed by atoms with van der Waals surface area (Å²) in [6.45, 7) is 1.70. The fourth-order valence-corrected chi connectivity index (χ4v) is 4.91. The van der Waals surface area contributed by atoms with Crippen LogP contribution in [0.2, 0.25) is 5.02 Å². The van der Waals surface area contributed by atoms with E-state index in [1.54, 1.807) is 23.1 Å². The molecule has 0 radical (unpaired) electrons. The van der Waals surface area contributed by atoms with Crippen LogP contribution in [0.3, 0.4) is 0 Å². The second-order valence-electron chi connectivity index (χ2n) is 8.15. The fourth-order valence-electron chi connectivity index (χ4n) is 4.75. The van der Waals surface area contributed by atoms with Crippen molar-refractivity contribution in [3.8, 4) is 0 Å². The van der Waals surface area contributed by atoms with Crippen molar-refractivity contribution < 1.29 is 9.59 Å². The Kier molecular flexibility index (Phi) is 5.06. The van der Waals surface area contributed by atoms with Gasteiger partial charge in [-0.3, -0.25) is 14.2 Å². The van der Waals surface area contributed by atoms with Crippen LogP contribution in [-0.2, 0) is 4.79 Å². The first-order valence-electron chi connectivity index (χ1n) is 10.6. The van der Waals surface area contributed by atoms with E-state index in [1.807, 2.05) is 33.7 Å². The topological polar surface area (TPSA) is 78.4 Å². The van der Waals surface area contributed by atoms with Crippen molar-refractivity contribution in [3.05, 3.63) is 63.5 Å². The molecule has 3 heterocycles. The zero-order valence-electron chi connectivity index (χ0n) is 17.0. The van der Waals surface area contributed by atoms with Crippen LogP contribution in [0.25, 0.3) is 11.0 Å². The van der Waals surface area contributed by atoms with Gasteiger partial charge < -0.3 is 14.8 Å². The molecule has 0 unspecified atom stereocenters. The molecule has 3 aromatic rings. The van der Waals surface area contributed by atoms with Gasteiger partial charge in [-0.1, -0.05) is 23.7 Å². The average Bonchev–Trinajstić information content (AvgIpc) is 3.35. The van der Waals surface area contributed by atoms with E-state index in [1.165, 1.54) is 0 Å². The summed E-state index contributed by atoms with van der Waals surface area (Å²) in [6, 6.07) is 12.8. The van der Waals surface area contributed by atoms with E-state index in [2.05, 4.69) is 4.98 Å². The maximum atomic E-state index is 13.3. The lowest BCUT2D eigenvalue weighted by atomic mass is 10.0. The van der Waals surface area contributed by atoms with Crippen LogP contribution in [0.15, 0.2) is 47.3 Å². The molecule has 8 heteroatoms. The highest BCUT2D eigenvalue weighted by Crippen LogP contribution is 2.31. The van der Waals surface area contributed by atoms with Gasteiger partial charge in [-0.05, 0) is 49.6 Å². The third-order valence-corrected chi connectivity index (χ3v) is 6.53. The molecule has 5 rings (SSSR count). The fraction of sp³-hybridized carbons (Fsp3) is 0.348. The molecule has 0 bridgehead atoms. The number of aromatic nitrogens is 2. The van der Waals surface area contributed by atoms with E-state index in [0.29, 0.717) is 55.2 Å². The van der Waals surface area contributed by atoms with Crippen LogP contribution in [-0.4, -0.2) is 45.9 Å². The molecule has 2 aliphatic rings. The minimum Gasteiger partial charge on any atom is -0.338 e. The number of halogens is 1. The predicted octanol–water partition coefficient (Wildman–Crippen LogP) is 3.59. The third-order valence-electron chi connectivity index (χ3n) is 6.30. The summed E-state index contributed by atoms with van der Waals surface area (Å²) < 4.78 is 1.81. The van der Waals surface area contributed by atoms with Gasteiger partial charge in [0.25, 0.3) is 5.91 Å². The van der Waals surface area contributed by atoms with E-state index in [4.69, 9.17) is 11.6 Å². The van der Waals surface area contributed by atoms with Crippen LogP contribution >= 0.6 is 11.6 Å². The van der Waals surface area contributed by atoms with Gasteiger partial charge in [0.2, 0.25) is 5.91 Å². The second-order valence-corrected chi connectivity index (χ2v) is 8.59. The molecule has 2 amide bonds. The van der Waals surface area contributed by atoms with Crippen LogP contribution in [0.5, 0.6) is 0 Å². The molecule has 1 aromatic heterocycles. The monoisotopic (exact) mass is 438 g/mol. The minimum atomic E-state index is -0.112. The molecule has 160 valence electrons. The molecule has 2 aromatic carbocycles. The summed E-state index contributed by atoms with van der Waals surface area (Å²) in [5.74, 6) is -0.0789. The number of benzene rings is 2. The van der Waals surface area contributed by atoms with Crippen molar-refractivity contribution in [1.29, 1.82) is 0 Å². The van der Waals surface area contributed by atoms with Crippen LogP contribution in [0, 0.1) is 0 Å². The van der Waals surface area contributed by atoms with Crippen molar-refractivity contribution in [2.24, 2.45) is 0 Å². The number of para-hydroxylation sites is 2. The number of carbonyl (C=O) groups is 2. The molecule has 2 saturated heterocycles. The first-order valence-corrected chi connectivity index (χ1v) is 11.0. The molecule has 0 saturated carbocycles. The number of likely N-dealkylation sites (tertiary alicyclic amines) is 1. The van der Waals surface area contributed by atoms with Gasteiger partial charge in [0.15, 0.2) is 0 Å². The highest BCUT2D eigenvalue weighted by molar-refractivity contribution is 6.31. The van der Waals surface area contributed by atoms with Crippen molar-refractivity contribution in [1.82, 2.24) is 14.5 Å². The van der Waals surface area contributed by atoms with E-state index in [-0.39, 0.29) is 23.5 Å². The SMILES string of the molecule is O=C(c1ccc(Cl)cc1N1CCCC1=O)N1CCC(n2c(=O)[nH]c3ccccc32)CC1. The van der Waals surface area contributed by atoms with Gasteiger partial charge in [-0.15, -0.1) is 0 Å². The van der Waals surface area contributed by atoms with Gasteiger partial charge in [0.05, 0.1) is 22.3 Å². The Hall–Kier alpha value is -3.06. The number of carbonyl (C=O) groups excluding carboxylic acids is 2. The summed E-state index contributed by atoms with van der Waals surface area (Å²) >= 11 is 6.17. The molecule has 7 nitrogen and oxygen atoms in total. The van der Waals surface area contributed by atoms with Crippen molar-refractivity contribution in [2.45, 2.75) is 31.7 Å². The average molecular weight is 439 g/mol. The molecule has 0 spiro atoms. The number of piperidine rings is 1. The van der Waals surface area contributed by atoms with Crippen LogP contribution in [0.4, 0.5) is 5.69 Å². The molecule has 1 N–H and O–H groups in total. The van der Waals surface area contributed by atoms with Crippen molar-refractivity contribution >= 4 is 40.1 Å². The number of hydrogen-bond donors (Lipinski definition) is 1. The number of H-pyrrole nitrogens is 1. The number of imidazole rings is 1. The Balaban J connectivity index is 1.37. The molecular formula is C23H23ClN4O3. The van der Waals surface area contributed by atoms with E-state index >= 15 is 0 Å². The summed E-state index contributed by atoms with van der Waals surface area (Å²) in [7, 11) is 0. The zero-order valence-corrected chi connectivity index (χ0v) is 17.8. The lowest BCUT2D eigenvalue weighted by Crippen LogP contribution is -2.41.